The summed E-state index contributed by atoms with van der Waals surface area (Å²) in [6.07, 6.45) is -0.302. The summed E-state index contributed by atoms with van der Waals surface area (Å²) in [5.74, 6) is -0.190. The van der Waals surface area contributed by atoms with Crippen LogP contribution in [0.4, 0.5) is 17.6 Å². The number of rotatable bonds is 5. The zero-order valence-electron chi connectivity index (χ0n) is 17.8. The Hall–Kier alpha value is -2.36. The lowest BCUT2D eigenvalue weighted by molar-refractivity contribution is -0.0881. The standard InChI is InChI=1S/C11H13F3.C11H13F.C2H6/c1-5-10(11(12,13)14)7-6-9(4)8(2)3;1-4-8(2)11-7-10(12)6-5-9(11)3;1-2/h5-7H,1-2H2,3-4H3;5-7H,2,4H2,1,3H3;1-2H3/b9-6+,10-7+;;. The van der Waals surface area contributed by atoms with Crippen LogP contribution in [0.1, 0.15) is 52.2 Å². The molecule has 0 aliphatic heterocycles. The smallest absolute Gasteiger partial charge is 0.207 e. The van der Waals surface area contributed by atoms with Gasteiger partial charge in [-0.1, -0.05) is 64.3 Å². The molecule has 0 aliphatic rings. The van der Waals surface area contributed by atoms with Gasteiger partial charge in [0, 0.05) is 0 Å². The summed E-state index contributed by atoms with van der Waals surface area (Å²) in [6, 6.07) is 4.80. The molecule has 0 aliphatic carbocycles. The Morgan fingerprint density at radius 3 is 2.00 bits per heavy atom. The highest BCUT2D eigenvalue weighted by Crippen LogP contribution is 2.26. The van der Waals surface area contributed by atoms with E-state index in [0.29, 0.717) is 5.57 Å². The summed E-state index contributed by atoms with van der Waals surface area (Å²) in [7, 11) is 0. The molecule has 0 nitrogen and oxygen atoms in total. The van der Waals surface area contributed by atoms with Gasteiger partial charge in [0.2, 0.25) is 0 Å². The number of aryl methyl sites for hydroxylation is 1. The third-order valence-electron chi connectivity index (χ3n) is 3.74. The number of alkyl halides is 3. The van der Waals surface area contributed by atoms with Crippen LogP contribution in [0, 0.1) is 12.7 Å². The van der Waals surface area contributed by atoms with Crippen molar-refractivity contribution in [1.29, 1.82) is 0 Å². The van der Waals surface area contributed by atoms with E-state index in [4.69, 9.17) is 0 Å². The molecule has 28 heavy (non-hydrogen) atoms. The fourth-order valence-corrected chi connectivity index (χ4v) is 1.80. The van der Waals surface area contributed by atoms with E-state index in [-0.39, 0.29) is 5.82 Å². The van der Waals surface area contributed by atoms with Crippen LogP contribution in [0.3, 0.4) is 0 Å². The first-order chi connectivity index (χ1) is 12.9. The van der Waals surface area contributed by atoms with Gasteiger partial charge >= 0.3 is 6.18 Å². The number of hydrogen-bond donors (Lipinski definition) is 0. The van der Waals surface area contributed by atoms with Crippen molar-refractivity contribution >= 4 is 5.57 Å². The third kappa shape index (κ3) is 10.7. The fourth-order valence-electron chi connectivity index (χ4n) is 1.80. The largest absolute Gasteiger partial charge is 0.416 e. The Bertz CT molecular complexity index is 717. The fraction of sp³-hybridized carbons (Fsp3) is 0.333. The zero-order chi connectivity index (χ0) is 22.5. The molecule has 0 fully saturated rings. The Labute approximate surface area is 167 Å². The number of hydrogen-bond acceptors (Lipinski definition) is 0. The molecule has 0 N–H and O–H groups in total. The molecule has 4 heteroatoms. The average Bonchev–Trinajstić information content (AvgIpc) is 2.64. The molecule has 0 spiro atoms. The first kappa shape index (κ1) is 27.9. The van der Waals surface area contributed by atoms with Crippen molar-refractivity contribution in [2.24, 2.45) is 0 Å². The van der Waals surface area contributed by atoms with Crippen LogP contribution in [-0.2, 0) is 0 Å². The lowest BCUT2D eigenvalue weighted by atomic mass is 10.0. The molecule has 1 aromatic rings. The predicted octanol–water partition coefficient (Wildman–Crippen LogP) is 8.77. The molecule has 0 aromatic heterocycles. The molecule has 0 heterocycles. The first-order valence-corrected chi connectivity index (χ1v) is 9.12. The minimum absolute atomic E-state index is 0.190. The summed E-state index contributed by atoms with van der Waals surface area (Å²) in [5, 5.41) is 0. The Morgan fingerprint density at radius 1 is 1.07 bits per heavy atom. The number of allylic oxidation sites excluding steroid dienone is 7. The molecule has 0 bridgehead atoms. The topological polar surface area (TPSA) is 0 Å². The van der Waals surface area contributed by atoms with Crippen LogP contribution in [0.5, 0.6) is 0 Å². The molecular formula is C24H32F4. The number of benzene rings is 1. The highest BCUT2D eigenvalue weighted by Gasteiger charge is 2.30. The van der Waals surface area contributed by atoms with Crippen LogP contribution in [0.25, 0.3) is 5.57 Å². The van der Waals surface area contributed by atoms with Gasteiger partial charge in [-0.2, -0.15) is 13.2 Å². The van der Waals surface area contributed by atoms with Crippen LogP contribution in [0.15, 0.2) is 72.9 Å². The second-order valence-corrected chi connectivity index (χ2v) is 5.87. The highest BCUT2D eigenvalue weighted by atomic mass is 19.4. The van der Waals surface area contributed by atoms with E-state index in [2.05, 4.69) is 19.7 Å². The molecule has 156 valence electrons. The molecule has 0 amide bonds. The van der Waals surface area contributed by atoms with Gasteiger partial charge in [-0.05, 0) is 67.7 Å². The van der Waals surface area contributed by atoms with Crippen LogP contribution < -0.4 is 0 Å². The normalized spacial score (nSPS) is 11.5. The van der Waals surface area contributed by atoms with Gasteiger partial charge in [-0.15, -0.1) is 0 Å². The Kier molecular flexibility index (Phi) is 13.7. The van der Waals surface area contributed by atoms with E-state index in [9.17, 15) is 17.6 Å². The minimum Gasteiger partial charge on any atom is -0.207 e. The van der Waals surface area contributed by atoms with Crippen LogP contribution in [-0.4, -0.2) is 6.18 Å². The molecule has 1 aromatic carbocycles. The minimum atomic E-state index is -4.34. The van der Waals surface area contributed by atoms with Gasteiger partial charge in [0.05, 0.1) is 5.57 Å². The maximum absolute atomic E-state index is 12.8. The summed E-state index contributed by atoms with van der Waals surface area (Å²) in [6.45, 7) is 22.0. The molecule has 0 unspecified atom stereocenters. The van der Waals surface area contributed by atoms with Crippen molar-refractivity contribution < 1.29 is 17.6 Å². The zero-order valence-corrected chi connectivity index (χ0v) is 17.8. The van der Waals surface area contributed by atoms with Gasteiger partial charge in [-0.25, -0.2) is 4.39 Å². The van der Waals surface area contributed by atoms with Crippen molar-refractivity contribution in [3.05, 3.63) is 89.8 Å². The van der Waals surface area contributed by atoms with Crippen molar-refractivity contribution in [2.75, 3.05) is 0 Å². The predicted molar refractivity (Wildman–Crippen MR) is 115 cm³/mol. The Morgan fingerprint density at radius 2 is 1.61 bits per heavy atom. The van der Waals surface area contributed by atoms with E-state index in [1.165, 1.54) is 12.1 Å². The highest BCUT2D eigenvalue weighted by molar-refractivity contribution is 5.65. The first-order valence-electron chi connectivity index (χ1n) is 9.12. The summed E-state index contributed by atoms with van der Waals surface area (Å²) in [5.41, 5.74) is 3.73. The van der Waals surface area contributed by atoms with Gasteiger partial charge in [0.25, 0.3) is 0 Å². The van der Waals surface area contributed by atoms with Crippen molar-refractivity contribution in [2.45, 2.75) is 54.1 Å². The molecule has 0 saturated heterocycles. The summed E-state index contributed by atoms with van der Waals surface area (Å²) < 4.78 is 49.3. The SMILES string of the molecule is C=C(CC)c1cc(F)ccc1C.C=C/C(=C\C=C(/C)C(=C)C)C(F)(F)F.CC. The molecular weight excluding hydrogens is 364 g/mol. The summed E-state index contributed by atoms with van der Waals surface area (Å²) in [4.78, 5) is 0. The molecule has 1 rings (SSSR count). The second-order valence-electron chi connectivity index (χ2n) is 5.87. The lowest BCUT2D eigenvalue weighted by Gasteiger charge is -2.06. The van der Waals surface area contributed by atoms with Gasteiger partial charge in [0.15, 0.2) is 0 Å². The van der Waals surface area contributed by atoms with Crippen molar-refractivity contribution in [3.8, 4) is 0 Å². The maximum Gasteiger partial charge on any atom is 0.416 e. The van der Waals surface area contributed by atoms with E-state index >= 15 is 0 Å². The van der Waals surface area contributed by atoms with Crippen molar-refractivity contribution in [1.82, 2.24) is 0 Å². The molecule has 0 saturated carbocycles. The van der Waals surface area contributed by atoms with Gasteiger partial charge in [-0.3, -0.25) is 0 Å². The van der Waals surface area contributed by atoms with Gasteiger partial charge in [0.1, 0.15) is 5.82 Å². The van der Waals surface area contributed by atoms with E-state index in [1.807, 2.05) is 27.7 Å². The maximum atomic E-state index is 12.8. The molecule has 0 radical (unpaired) electrons. The summed E-state index contributed by atoms with van der Waals surface area (Å²) >= 11 is 0. The Balaban J connectivity index is 0. The van der Waals surface area contributed by atoms with Gasteiger partial charge < -0.3 is 0 Å². The van der Waals surface area contributed by atoms with E-state index in [0.717, 1.165) is 40.8 Å². The monoisotopic (exact) mass is 396 g/mol. The van der Waals surface area contributed by atoms with Crippen LogP contribution in [0.2, 0.25) is 0 Å². The quantitative estimate of drug-likeness (QED) is 0.345. The van der Waals surface area contributed by atoms with Crippen LogP contribution >= 0.6 is 0 Å². The second kappa shape index (κ2) is 13.8. The molecule has 0 atom stereocenters. The lowest BCUT2D eigenvalue weighted by Crippen LogP contribution is -2.09. The van der Waals surface area contributed by atoms with E-state index < -0.39 is 11.7 Å². The van der Waals surface area contributed by atoms with Crippen molar-refractivity contribution in [3.63, 3.8) is 0 Å². The number of halogens is 4. The third-order valence-corrected chi connectivity index (χ3v) is 3.74. The van der Waals surface area contributed by atoms with E-state index in [1.54, 1.807) is 26.0 Å². The average molecular weight is 397 g/mol.